The lowest BCUT2D eigenvalue weighted by Gasteiger charge is -2.15. The van der Waals surface area contributed by atoms with Crippen molar-refractivity contribution >= 4 is 22.2 Å². The first-order valence-electron chi connectivity index (χ1n) is 7.94. The molecular formula is C17H16N4O3S. The van der Waals surface area contributed by atoms with Gasteiger partial charge in [0.15, 0.2) is 4.96 Å². The molecule has 0 unspecified atom stereocenters. The zero-order valence-electron chi connectivity index (χ0n) is 13.3. The third-order valence-corrected chi connectivity index (χ3v) is 5.28. The van der Waals surface area contributed by atoms with Crippen molar-refractivity contribution in [3.05, 3.63) is 63.8 Å². The molecule has 1 fully saturated rings. The first-order valence-corrected chi connectivity index (χ1v) is 8.82. The van der Waals surface area contributed by atoms with Crippen molar-refractivity contribution < 1.29 is 9.90 Å². The second-order valence-corrected chi connectivity index (χ2v) is 7.00. The van der Waals surface area contributed by atoms with E-state index in [0.29, 0.717) is 17.9 Å². The number of thiazole rings is 1. The van der Waals surface area contributed by atoms with E-state index in [1.54, 1.807) is 24.0 Å². The number of carbonyl (C=O) groups is 1. The van der Waals surface area contributed by atoms with Gasteiger partial charge >= 0.3 is 0 Å². The van der Waals surface area contributed by atoms with Crippen LogP contribution in [0.4, 0.5) is 0 Å². The predicted molar refractivity (Wildman–Crippen MR) is 92.7 cm³/mol. The van der Waals surface area contributed by atoms with Crippen LogP contribution in [0.25, 0.3) is 4.96 Å². The molecule has 1 aliphatic heterocycles. The second kappa shape index (κ2) is 6.38. The van der Waals surface area contributed by atoms with Crippen LogP contribution < -0.4 is 5.56 Å². The third kappa shape index (κ3) is 2.94. The lowest BCUT2D eigenvalue weighted by molar-refractivity contribution is 0.0762. The van der Waals surface area contributed by atoms with Crippen LogP contribution in [0.15, 0.2) is 47.1 Å². The maximum absolute atomic E-state index is 12.7. The fourth-order valence-corrected chi connectivity index (χ4v) is 3.86. The molecule has 3 aromatic rings. The van der Waals surface area contributed by atoms with Crippen molar-refractivity contribution in [2.75, 3.05) is 13.1 Å². The number of hydrogen-bond acceptors (Lipinski definition) is 6. The van der Waals surface area contributed by atoms with Crippen molar-refractivity contribution in [3.63, 3.8) is 0 Å². The summed E-state index contributed by atoms with van der Waals surface area (Å²) < 4.78 is 1.37. The average Bonchev–Trinajstić information content (AvgIpc) is 3.23. The molecule has 7 nitrogen and oxygen atoms in total. The molecule has 128 valence electrons. The first kappa shape index (κ1) is 15.9. The Hall–Kier alpha value is -2.58. The maximum Gasteiger partial charge on any atom is 0.271 e. The van der Waals surface area contributed by atoms with Gasteiger partial charge in [0, 0.05) is 49.2 Å². The predicted octanol–water partition coefficient (Wildman–Crippen LogP) is 0.827. The Morgan fingerprint density at radius 1 is 1.32 bits per heavy atom. The second-order valence-electron chi connectivity index (χ2n) is 6.13. The number of rotatable bonds is 3. The molecule has 8 heteroatoms. The summed E-state index contributed by atoms with van der Waals surface area (Å²) in [5.41, 5.74) is 0.728. The van der Waals surface area contributed by atoms with E-state index in [0.717, 1.165) is 5.56 Å². The molecule has 2 atom stereocenters. The maximum atomic E-state index is 12.7. The van der Waals surface area contributed by atoms with Crippen molar-refractivity contribution in [2.24, 2.45) is 5.92 Å². The average molecular weight is 356 g/mol. The minimum atomic E-state index is -0.613. The number of fused-ring (bicyclic) bond motifs is 1. The molecular weight excluding hydrogens is 340 g/mol. The number of amides is 1. The summed E-state index contributed by atoms with van der Waals surface area (Å²) >= 11 is 1.34. The summed E-state index contributed by atoms with van der Waals surface area (Å²) in [5.74, 6) is -0.443. The Labute approximate surface area is 147 Å². The number of hydrogen-bond donors (Lipinski definition) is 1. The summed E-state index contributed by atoms with van der Waals surface area (Å²) in [5, 5.41) is 12.1. The number of aliphatic hydroxyl groups is 1. The van der Waals surface area contributed by atoms with Crippen LogP contribution in [0.3, 0.4) is 0 Å². The quantitative estimate of drug-likeness (QED) is 0.751. The van der Waals surface area contributed by atoms with Gasteiger partial charge in [-0.25, -0.2) is 4.98 Å². The monoisotopic (exact) mass is 356 g/mol. The number of likely N-dealkylation sites (tertiary alicyclic amines) is 1. The van der Waals surface area contributed by atoms with Crippen molar-refractivity contribution in [1.82, 2.24) is 19.3 Å². The van der Waals surface area contributed by atoms with E-state index < -0.39 is 6.10 Å². The molecule has 1 N–H and O–H groups in total. The summed E-state index contributed by atoms with van der Waals surface area (Å²) in [6.07, 6.45) is 6.41. The number of β-amino-alcohol motifs (C(OH)–C–C–N with tert-alkyl or cyclic N) is 1. The molecule has 4 rings (SSSR count). The van der Waals surface area contributed by atoms with E-state index in [9.17, 15) is 14.7 Å². The summed E-state index contributed by atoms with van der Waals surface area (Å²) in [6, 6.07) is 3.80. The van der Waals surface area contributed by atoms with E-state index in [4.69, 9.17) is 0 Å². The Morgan fingerprint density at radius 2 is 2.12 bits per heavy atom. The number of aromatic nitrogens is 3. The molecule has 0 bridgehead atoms. The Balaban J connectivity index is 1.54. The number of pyridine rings is 1. The van der Waals surface area contributed by atoms with Gasteiger partial charge in [-0.05, 0) is 24.1 Å². The highest BCUT2D eigenvalue weighted by Gasteiger charge is 2.35. The summed E-state index contributed by atoms with van der Waals surface area (Å²) in [6.45, 7) is 0.633. The molecule has 3 aromatic heterocycles. The van der Waals surface area contributed by atoms with Gasteiger partial charge in [0.2, 0.25) is 0 Å². The first-order chi connectivity index (χ1) is 12.1. The van der Waals surface area contributed by atoms with Crippen molar-refractivity contribution in [3.8, 4) is 0 Å². The van der Waals surface area contributed by atoms with Gasteiger partial charge in [-0.1, -0.05) is 0 Å². The third-order valence-electron chi connectivity index (χ3n) is 4.51. The molecule has 1 aliphatic rings. The normalized spacial score (nSPS) is 20.3. The van der Waals surface area contributed by atoms with Gasteiger partial charge in [-0.3, -0.25) is 19.0 Å². The van der Waals surface area contributed by atoms with Gasteiger partial charge in [-0.2, -0.15) is 0 Å². The van der Waals surface area contributed by atoms with Crippen LogP contribution in [-0.4, -0.2) is 49.5 Å². The fraction of sp³-hybridized carbons (Fsp3) is 0.294. The molecule has 4 heterocycles. The van der Waals surface area contributed by atoms with Crippen LogP contribution in [-0.2, 0) is 6.42 Å². The highest BCUT2D eigenvalue weighted by atomic mass is 32.1. The number of aliphatic hydroxyl groups excluding tert-OH is 1. The highest BCUT2D eigenvalue weighted by Crippen LogP contribution is 2.22. The molecule has 25 heavy (non-hydrogen) atoms. The molecule has 0 radical (unpaired) electrons. The molecule has 0 saturated carbocycles. The van der Waals surface area contributed by atoms with Crippen molar-refractivity contribution in [2.45, 2.75) is 12.5 Å². The van der Waals surface area contributed by atoms with Gasteiger partial charge in [0.1, 0.15) is 5.56 Å². The van der Waals surface area contributed by atoms with Gasteiger partial charge < -0.3 is 10.0 Å². The van der Waals surface area contributed by atoms with E-state index in [2.05, 4.69) is 9.97 Å². The smallest absolute Gasteiger partial charge is 0.271 e. The molecule has 1 saturated heterocycles. The van der Waals surface area contributed by atoms with E-state index in [1.807, 2.05) is 12.1 Å². The molecule has 0 aliphatic carbocycles. The Kier molecular flexibility index (Phi) is 4.06. The van der Waals surface area contributed by atoms with E-state index >= 15 is 0 Å². The zero-order valence-corrected chi connectivity index (χ0v) is 14.1. The summed E-state index contributed by atoms with van der Waals surface area (Å²) in [7, 11) is 0. The molecule has 1 amide bonds. The van der Waals surface area contributed by atoms with E-state index in [1.165, 1.54) is 26.8 Å². The largest absolute Gasteiger partial charge is 0.391 e. The Bertz CT molecular complexity index is 969. The fourth-order valence-electron chi connectivity index (χ4n) is 3.18. The van der Waals surface area contributed by atoms with Gasteiger partial charge in [-0.15, -0.1) is 11.3 Å². The Morgan fingerprint density at radius 3 is 2.92 bits per heavy atom. The van der Waals surface area contributed by atoms with Crippen LogP contribution in [0.2, 0.25) is 0 Å². The lowest BCUT2D eigenvalue weighted by atomic mass is 9.97. The van der Waals surface area contributed by atoms with Crippen molar-refractivity contribution in [1.29, 1.82) is 0 Å². The molecule has 0 spiro atoms. The topological polar surface area (TPSA) is 87.8 Å². The zero-order chi connectivity index (χ0) is 17.4. The van der Waals surface area contributed by atoms with Crippen LogP contribution in [0, 0.1) is 5.92 Å². The number of carbonyl (C=O) groups excluding carboxylic acids is 1. The molecule has 0 aromatic carbocycles. The van der Waals surface area contributed by atoms with Crippen LogP contribution in [0.1, 0.15) is 15.9 Å². The minimum absolute atomic E-state index is 0.0349. The minimum Gasteiger partial charge on any atom is -0.391 e. The SMILES string of the molecule is O=C(c1cnc2sccn2c1=O)N1C[C@@H](Cc2ccncc2)[C@H](O)C1. The highest BCUT2D eigenvalue weighted by molar-refractivity contribution is 7.15. The van der Waals surface area contributed by atoms with Crippen LogP contribution in [0.5, 0.6) is 0 Å². The lowest BCUT2D eigenvalue weighted by Crippen LogP contribution is -2.34. The van der Waals surface area contributed by atoms with Gasteiger partial charge in [0.05, 0.1) is 6.10 Å². The van der Waals surface area contributed by atoms with Gasteiger partial charge in [0.25, 0.3) is 11.5 Å². The van der Waals surface area contributed by atoms with Crippen LogP contribution >= 0.6 is 11.3 Å². The standard InChI is InChI=1S/C17H16N4O3S/c22-14-10-20(9-12(14)7-11-1-3-18-4-2-11)15(23)13-8-19-17-21(16(13)24)5-6-25-17/h1-6,8,12,14,22H,7,9-10H2/t12-,14-/m1/s1. The number of nitrogens with zero attached hydrogens (tertiary/aromatic N) is 4. The van der Waals surface area contributed by atoms with E-state index in [-0.39, 0.29) is 29.5 Å². The summed E-state index contributed by atoms with van der Waals surface area (Å²) in [4.78, 5) is 35.4.